The number of hydrogen-bond acceptors (Lipinski definition) is 2. The van der Waals surface area contributed by atoms with E-state index in [1.165, 1.54) is 24.8 Å². The lowest BCUT2D eigenvalue weighted by Gasteiger charge is -2.30. The van der Waals surface area contributed by atoms with Crippen LogP contribution in [0.25, 0.3) is 0 Å². The summed E-state index contributed by atoms with van der Waals surface area (Å²) in [5, 5.41) is 7.81. The molecule has 1 saturated heterocycles. The number of hydrogen-bond donors (Lipinski definition) is 1. The van der Waals surface area contributed by atoms with Gasteiger partial charge in [0.1, 0.15) is 0 Å². The van der Waals surface area contributed by atoms with Gasteiger partial charge < -0.3 is 10.2 Å². The maximum atomic E-state index is 4.82. The number of guanidine groups is 1. The Balaban J connectivity index is 0.00000208. The summed E-state index contributed by atoms with van der Waals surface area (Å²) in [5.41, 5.74) is 2.28. The lowest BCUT2D eigenvalue weighted by molar-refractivity contribution is 0.340. The van der Waals surface area contributed by atoms with Gasteiger partial charge in [0.05, 0.1) is 19.3 Å². The lowest BCUT2D eigenvalue weighted by atomic mass is 10.1. The summed E-state index contributed by atoms with van der Waals surface area (Å²) in [4.78, 5) is 7.18. The highest BCUT2D eigenvalue weighted by Crippen LogP contribution is 2.12. The van der Waals surface area contributed by atoms with E-state index in [0.29, 0.717) is 0 Å². The Labute approximate surface area is 161 Å². The normalized spacial score (nSPS) is 15.0. The zero-order chi connectivity index (χ0) is 15.9. The number of benzene rings is 1. The molecule has 0 aliphatic carbocycles. The second kappa shape index (κ2) is 9.66. The van der Waals surface area contributed by atoms with Gasteiger partial charge in [-0.15, -0.1) is 24.0 Å². The van der Waals surface area contributed by atoms with E-state index in [9.17, 15) is 0 Å². The summed E-state index contributed by atoms with van der Waals surface area (Å²) in [6.45, 7) is 5.76. The third-order valence-electron chi connectivity index (χ3n) is 4.04. The number of anilines is 1. The highest BCUT2D eigenvalue weighted by Gasteiger charge is 2.14. The summed E-state index contributed by atoms with van der Waals surface area (Å²) >= 11 is 0. The van der Waals surface area contributed by atoms with Crippen molar-refractivity contribution in [3.63, 3.8) is 0 Å². The van der Waals surface area contributed by atoms with Crippen LogP contribution >= 0.6 is 24.0 Å². The molecule has 0 saturated carbocycles. The Morgan fingerprint density at radius 1 is 1.17 bits per heavy atom. The molecule has 1 aromatic heterocycles. The van der Waals surface area contributed by atoms with E-state index in [2.05, 4.69) is 40.6 Å². The van der Waals surface area contributed by atoms with Gasteiger partial charge in [-0.2, -0.15) is 5.10 Å². The van der Waals surface area contributed by atoms with Crippen molar-refractivity contribution >= 4 is 35.6 Å². The summed E-state index contributed by atoms with van der Waals surface area (Å²) in [6.07, 6.45) is 7.75. The molecule has 0 radical (unpaired) electrons. The maximum absolute atomic E-state index is 4.82. The molecule has 1 aliphatic heterocycles. The minimum absolute atomic E-state index is 0. The first-order valence-electron chi connectivity index (χ1n) is 8.42. The van der Waals surface area contributed by atoms with Crippen molar-refractivity contribution in [2.45, 2.75) is 32.7 Å². The highest BCUT2D eigenvalue weighted by atomic mass is 127. The number of para-hydroxylation sites is 1. The van der Waals surface area contributed by atoms with Gasteiger partial charge in [-0.3, -0.25) is 9.67 Å². The first kappa shape index (κ1) is 18.8. The average molecular weight is 439 g/mol. The average Bonchev–Trinajstić information content (AvgIpc) is 3.01. The van der Waals surface area contributed by atoms with E-state index in [0.717, 1.165) is 37.8 Å². The molecule has 0 bridgehead atoms. The molecule has 0 amide bonds. The van der Waals surface area contributed by atoms with Crippen LogP contribution in [0.15, 0.2) is 47.7 Å². The van der Waals surface area contributed by atoms with Crippen LogP contribution in [0, 0.1) is 6.92 Å². The number of aryl methyl sites for hydroxylation is 1. The maximum Gasteiger partial charge on any atom is 0.198 e. The number of aromatic nitrogens is 2. The summed E-state index contributed by atoms with van der Waals surface area (Å²) in [5.74, 6) is 0.986. The van der Waals surface area contributed by atoms with Crippen LogP contribution in [0.5, 0.6) is 0 Å². The monoisotopic (exact) mass is 439 g/mol. The number of nitrogens with zero attached hydrogens (tertiary/aromatic N) is 4. The fourth-order valence-electron chi connectivity index (χ4n) is 2.82. The molecular weight excluding hydrogens is 413 g/mol. The number of likely N-dealkylation sites (tertiary alicyclic amines) is 1. The Morgan fingerprint density at radius 2 is 1.92 bits per heavy atom. The Bertz CT molecular complexity index is 632. The lowest BCUT2D eigenvalue weighted by Crippen LogP contribution is -2.40. The van der Waals surface area contributed by atoms with Gasteiger partial charge in [-0.25, -0.2) is 0 Å². The quantitative estimate of drug-likeness (QED) is 0.448. The van der Waals surface area contributed by atoms with Crippen LogP contribution in [0.1, 0.15) is 24.8 Å². The Hall–Kier alpha value is -1.57. The van der Waals surface area contributed by atoms with Gasteiger partial charge >= 0.3 is 0 Å². The van der Waals surface area contributed by atoms with Crippen molar-refractivity contribution in [3.8, 4) is 0 Å². The molecule has 0 unspecified atom stereocenters. The zero-order valence-corrected chi connectivity index (χ0v) is 16.5. The molecule has 1 fully saturated rings. The van der Waals surface area contributed by atoms with Crippen molar-refractivity contribution in [2.24, 2.45) is 4.99 Å². The van der Waals surface area contributed by atoms with Gasteiger partial charge in [0, 0.05) is 25.0 Å². The van der Waals surface area contributed by atoms with E-state index >= 15 is 0 Å². The summed E-state index contributed by atoms with van der Waals surface area (Å²) in [7, 11) is 0. The van der Waals surface area contributed by atoms with Crippen LogP contribution in [0.3, 0.4) is 0 Å². The van der Waals surface area contributed by atoms with Crippen molar-refractivity contribution in [2.75, 3.05) is 25.0 Å². The third kappa shape index (κ3) is 5.51. The van der Waals surface area contributed by atoms with Crippen LogP contribution in [-0.2, 0) is 6.54 Å². The van der Waals surface area contributed by atoms with Crippen molar-refractivity contribution < 1.29 is 0 Å². The predicted octanol–water partition coefficient (Wildman–Crippen LogP) is 3.76. The highest BCUT2D eigenvalue weighted by molar-refractivity contribution is 14.0. The number of piperidine rings is 1. The van der Waals surface area contributed by atoms with E-state index in [1.54, 1.807) is 0 Å². The molecule has 5 nitrogen and oxygen atoms in total. The minimum Gasteiger partial charge on any atom is -0.343 e. The van der Waals surface area contributed by atoms with E-state index in [4.69, 9.17) is 4.99 Å². The van der Waals surface area contributed by atoms with E-state index in [1.807, 2.05) is 29.1 Å². The number of aliphatic imine (C=N–C) groups is 1. The SMILES string of the molecule is Cc1cnn(CCN=C(Nc2ccccc2)N2CCCCC2)c1.I. The molecule has 3 rings (SSSR count). The summed E-state index contributed by atoms with van der Waals surface area (Å²) in [6, 6.07) is 10.3. The second-order valence-corrected chi connectivity index (χ2v) is 6.02. The van der Waals surface area contributed by atoms with Gasteiger partial charge in [-0.05, 0) is 43.9 Å². The van der Waals surface area contributed by atoms with Crippen molar-refractivity contribution in [1.82, 2.24) is 14.7 Å². The number of rotatable bonds is 4. The van der Waals surface area contributed by atoms with Crippen LogP contribution in [-0.4, -0.2) is 40.3 Å². The first-order valence-corrected chi connectivity index (χ1v) is 8.42. The second-order valence-electron chi connectivity index (χ2n) is 6.02. The van der Waals surface area contributed by atoms with E-state index < -0.39 is 0 Å². The molecule has 2 aromatic rings. The molecule has 130 valence electrons. The molecule has 24 heavy (non-hydrogen) atoms. The fraction of sp³-hybridized carbons (Fsp3) is 0.444. The van der Waals surface area contributed by atoms with Crippen LogP contribution < -0.4 is 5.32 Å². The predicted molar refractivity (Wildman–Crippen MR) is 110 cm³/mol. The van der Waals surface area contributed by atoms with Crippen LogP contribution in [0.2, 0.25) is 0 Å². The minimum atomic E-state index is 0. The number of nitrogens with one attached hydrogen (secondary N) is 1. The van der Waals surface area contributed by atoms with Crippen molar-refractivity contribution in [1.29, 1.82) is 0 Å². The van der Waals surface area contributed by atoms with Gasteiger partial charge in [-0.1, -0.05) is 18.2 Å². The molecule has 1 aliphatic rings. The summed E-state index contributed by atoms with van der Waals surface area (Å²) < 4.78 is 1.95. The Morgan fingerprint density at radius 3 is 2.58 bits per heavy atom. The molecule has 1 aromatic carbocycles. The van der Waals surface area contributed by atoms with Gasteiger partial charge in [0.2, 0.25) is 0 Å². The molecule has 1 N–H and O–H groups in total. The topological polar surface area (TPSA) is 45.5 Å². The standard InChI is InChI=1S/C18H25N5.HI/c1-16-14-20-23(15-16)13-10-19-18(22-11-6-3-7-12-22)21-17-8-4-2-5-9-17;/h2,4-5,8-9,14-15H,3,6-7,10-13H2,1H3,(H,19,21);1H. The molecule has 2 heterocycles. The number of halogens is 1. The van der Waals surface area contributed by atoms with Gasteiger partial charge in [0.25, 0.3) is 0 Å². The third-order valence-corrected chi connectivity index (χ3v) is 4.04. The molecular formula is C18H26IN5. The Kier molecular flexibility index (Phi) is 7.55. The smallest absolute Gasteiger partial charge is 0.198 e. The van der Waals surface area contributed by atoms with Gasteiger partial charge in [0.15, 0.2) is 5.96 Å². The van der Waals surface area contributed by atoms with Crippen LogP contribution in [0.4, 0.5) is 5.69 Å². The fourth-order valence-corrected chi connectivity index (χ4v) is 2.82. The molecule has 0 spiro atoms. The first-order chi connectivity index (χ1) is 11.3. The molecule has 6 heteroatoms. The van der Waals surface area contributed by atoms with E-state index in [-0.39, 0.29) is 24.0 Å². The zero-order valence-electron chi connectivity index (χ0n) is 14.2. The largest absolute Gasteiger partial charge is 0.343 e. The van der Waals surface area contributed by atoms with Crippen molar-refractivity contribution in [3.05, 3.63) is 48.3 Å². The molecule has 0 atom stereocenters.